The lowest BCUT2D eigenvalue weighted by molar-refractivity contribution is 0.340. The molecule has 3 aromatic carbocycles. The maximum Gasteiger partial charge on any atom is 0.150 e. The van der Waals surface area contributed by atoms with Crippen molar-refractivity contribution in [1.82, 2.24) is 14.5 Å². The van der Waals surface area contributed by atoms with Crippen molar-refractivity contribution in [3.05, 3.63) is 96.4 Å². The molecule has 0 aliphatic carbocycles. The molecule has 0 saturated carbocycles. The van der Waals surface area contributed by atoms with Crippen molar-refractivity contribution < 1.29 is 4.74 Å². The van der Waals surface area contributed by atoms with E-state index in [0.29, 0.717) is 6.61 Å². The Hall–Kier alpha value is -4.12. The summed E-state index contributed by atoms with van der Waals surface area (Å²) in [5, 5.41) is 4.53. The van der Waals surface area contributed by atoms with Crippen LogP contribution in [-0.4, -0.2) is 21.1 Å². The Labute approximate surface area is 193 Å². The molecular formula is C28H26N4O. The van der Waals surface area contributed by atoms with Crippen molar-refractivity contribution in [1.29, 1.82) is 0 Å². The Bertz CT molecular complexity index is 1390. The number of hydrogen-bond acceptors (Lipinski definition) is 4. The number of benzene rings is 3. The van der Waals surface area contributed by atoms with Gasteiger partial charge in [0.05, 0.1) is 12.0 Å². The molecule has 2 aromatic heterocycles. The third kappa shape index (κ3) is 4.17. The van der Waals surface area contributed by atoms with Gasteiger partial charge >= 0.3 is 0 Å². The molecule has 0 aliphatic rings. The van der Waals surface area contributed by atoms with Gasteiger partial charge in [-0.25, -0.2) is 9.97 Å². The number of anilines is 2. The highest BCUT2D eigenvalue weighted by Gasteiger charge is 2.17. The van der Waals surface area contributed by atoms with Crippen LogP contribution in [0.4, 0.5) is 11.5 Å². The molecule has 33 heavy (non-hydrogen) atoms. The van der Waals surface area contributed by atoms with Crippen LogP contribution in [0.3, 0.4) is 0 Å². The Morgan fingerprint density at radius 1 is 0.879 bits per heavy atom. The molecule has 0 aliphatic heterocycles. The summed E-state index contributed by atoms with van der Waals surface area (Å²) < 4.78 is 7.73. The van der Waals surface area contributed by atoms with Crippen LogP contribution in [0, 0.1) is 13.8 Å². The predicted molar refractivity (Wildman–Crippen MR) is 135 cm³/mol. The van der Waals surface area contributed by atoms with Gasteiger partial charge in [-0.05, 0) is 73.9 Å². The Kier molecular flexibility index (Phi) is 5.53. The molecule has 0 saturated heterocycles. The first-order chi connectivity index (χ1) is 16.1. The lowest BCUT2D eigenvalue weighted by atomic mass is 10.1. The summed E-state index contributed by atoms with van der Waals surface area (Å²) in [7, 11) is 0. The van der Waals surface area contributed by atoms with Crippen molar-refractivity contribution in [3.63, 3.8) is 0 Å². The van der Waals surface area contributed by atoms with Crippen molar-refractivity contribution in [2.75, 3.05) is 11.9 Å². The highest BCUT2D eigenvalue weighted by atomic mass is 16.5. The topological polar surface area (TPSA) is 52.0 Å². The lowest BCUT2D eigenvalue weighted by Gasteiger charge is -2.11. The maximum atomic E-state index is 5.62. The van der Waals surface area contributed by atoms with E-state index in [1.54, 1.807) is 6.33 Å². The summed E-state index contributed by atoms with van der Waals surface area (Å²) in [6, 6.07) is 24.9. The third-order valence-corrected chi connectivity index (χ3v) is 5.58. The van der Waals surface area contributed by atoms with Crippen LogP contribution in [0.15, 0.2) is 85.3 Å². The third-order valence-electron chi connectivity index (χ3n) is 5.58. The molecule has 0 amide bonds. The van der Waals surface area contributed by atoms with Gasteiger partial charge in [0.1, 0.15) is 17.9 Å². The number of aryl methyl sites for hydroxylation is 2. The number of aromatic nitrogens is 3. The normalized spacial score (nSPS) is 11.0. The smallest absolute Gasteiger partial charge is 0.150 e. The van der Waals surface area contributed by atoms with Gasteiger partial charge in [0.25, 0.3) is 0 Å². The SMILES string of the molecule is CCOc1ccc(-n2cc(-c3ccccc3)c3c(Nc4cc(C)cc(C)c4)ncnc32)cc1. The quantitative estimate of drug-likeness (QED) is 0.318. The van der Waals surface area contributed by atoms with Crippen molar-refractivity contribution in [3.8, 4) is 22.6 Å². The number of rotatable bonds is 6. The fourth-order valence-electron chi connectivity index (χ4n) is 4.24. The van der Waals surface area contributed by atoms with Crippen LogP contribution in [0.25, 0.3) is 27.8 Å². The first-order valence-corrected chi connectivity index (χ1v) is 11.1. The van der Waals surface area contributed by atoms with Crippen molar-refractivity contribution in [2.45, 2.75) is 20.8 Å². The van der Waals surface area contributed by atoms with Gasteiger partial charge in [-0.2, -0.15) is 0 Å². The number of nitrogens with zero attached hydrogens (tertiary/aromatic N) is 3. The van der Waals surface area contributed by atoms with Gasteiger partial charge in [0.15, 0.2) is 5.65 Å². The monoisotopic (exact) mass is 434 g/mol. The summed E-state index contributed by atoms with van der Waals surface area (Å²) >= 11 is 0. The summed E-state index contributed by atoms with van der Waals surface area (Å²) in [4.78, 5) is 9.32. The molecule has 0 bridgehead atoms. The second-order valence-corrected chi connectivity index (χ2v) is 8.13. The molecule has 5 aromatic rings. The fourth-order valence-corrected chi connectivity index (χ4v) is 4.24. The van der Waals surface area contributed by atoms with E-state index < -0.39 is 0 Å². The first kappa shape index (κ1) is 20.8. The summed E-state index contributed by atoms with van der Waals surface area (Å²) in [6.07, 6.45) is 3.75. The molecular weight excluding hydrogens is 408 g/mol. The molecule has 0 spiro atoms. The highest BCUT2D eigenvalue weighted by molar-refractivity contribution is 6.03. The van der Waals surface area contributed by atoms with Gasteiger partial charge in [0.2, 0.25) is 0 Å². The minimum absolute atomic E-state index is 0.643. The van der Waals surface area contributed by atoms with E-state index in [0.717, 1.165) is 45.1 Å². The molecule has 5 heteroatoms. The Morgan fingerprint density at radius 3 is 2.30 bits per heavy atom. The number of fused-ring (bicyclic) bond motifs is 1. The van der Waals surface area contributed by atoms with Crippen LogP contribution < -0.4 is 10.1 Å². The predicted octanol–water partition coefficient (Wildman–Crippen LogP) is 6.85. The minimum Gasteiger partial charge on any atom is -0.494 e. The van der Waals surface area contributed by atoms with Crippen molar-refractivity contribution in [2.24, 2.45) is 0 Å². The van der Waals surface area contributed by atoms with Gasteiger partial charge in [0, 0.05) is 23.1 Å². The zero-order valence-corrected chi connectivity index (χ0v) is 19.0. The van der Waals surface area contributed by atoms with E-state index in [2.05, 4.69) is 94.5 Å². The molecule has 0 atom stereocenters. The minimum atomic E-state index is 0.643. The molecule has 164 valence electrons. The lowest BCUT2D eigenvalue weighted by Crippen LogP contribution is -1.99. The number of nitrogens with one attached hydrogen (secondary N) is 1. The zero-order valence-electron chi connectivity index (χ0n) is 19.0. The van der Waals surface area contributed by atoms with Crippen LogP contribution in [-0.2, 0) is 0 Å². The zero-order chi connectivity index (χ0) is 22.8. The maximum absolute atomic E-state index is 5.62. The van der Waals surface area contributed by atoms with Crippen LogP contribution in [0.1, 0.15) is 18.1 Å². The van der Waals surface area contributed by atoms with Crippen LogP contribution in [0.2, 0.25) is 0 Å². The van der Waals surface area contributed by atoms with E-state index in [1.165, 1.54) is 11.1 Å². The summed E-state index contributed by atoms with van der Waals surface area (Å²) in [5.74, 6) is 1.64. The molecule has 5 rings (SSSR count). The number of ether oxygens (including phenoxy) is 1. The van der Waals surface area contributed by atoms with E-state index in [1.807, 2.05) is 25.1 Å². The Balaban J connectivity index is 1.69. The average molecular weight is 435 g/mol. The second kappa shape index (κ2) is 8.79. The van der Waals surface area contributed by atoms with E-state index in [4.69, 9.17) is 4.74 Å². The van der Waals surface area contributed by atoms with E-state index in [9.17, 15) is 0 Å². The fraction of sp³-hybridized carbons (Fsp3) is 0.143. The van der Waals surface area contributed by atoms with Gasteiger partial charge in [-0.3, -0.25) is 0 Å². The summed E-state index contributed by atoms with van der Waals surface area (Å²) in [6.45, 7) is 6.84. The molecule has 5 nitrogen and oxygen atoms in total. The first-order valence-electron chi connectivity index (χ1n) is 11.1. The standard InChI is InChI=1S/C28H26N4O/c1-4-33-24-12-10-23(11-13-24)32-17-25(21-8-6-5-7-9-21)26-27(29-18-30-28(26)32)31-22-15-19(2)14-20(3)16-22/h5-18H,4H2,1-3H3,(H,29,30,31). The molecule has 1 N–H and O–H groups in total. The van der Waals surface area contributed by atoms with Gasteiger partial charge in [-0.1, -0.05) is 36.4 Å². The van der Waals surface area contributed by atoms with Gasteiger partial charge < -0.3 is 14.6 Å². The molecule has 0 unspecified atom stereocenters. The molecule has 0 radical (unpaired) electrons. The number of hydrogen-bond donors (Lipinski definition) is 1. The van der Waals surface area contributed by atoms with Crippen molar-refractivity contribution >= 4 is 22.5 Å². The Morgan fingerprint density at radius 2 is 1.61 bits per heavy atom. The molecule has 0 fully saturated rings. The summed E-state index contributed by atoms with van der Waals surface area (Å²) in [5.41, 5.74) is 7.48. The van der Waals surface area contributed by atoms with Gasteiger partial charge in [-0.15, -0.1) is 0 Å². The van der Waals surface area contributed by atoms with E-state index >= 15 is 0 Å². The van der Waals surface area contributed by atoms with Crippen LogP contribution in [0.5, 0.6) is 5.75 Å². The molecule has 2 heterocycles. The second-order valence-electron chi connectivity index (χ2n) is 8.13. The average Bonchev–Trinajstić information content (AvgIpc) is 3.21. The largest absolute Gasteiger partial charge is 0.494 e. The van der Waals surface area contributed by atoms with Crippen LogP contribution >= 0.6 is 0 Å². The highest BCUT2D eigenvalue weighted by Crippen LogP contribution is 2.36. The van der Waals surface area contributed by atoms with E-state index in [-0.39, 0.29) is 0 Å².